The minimum Gasteiger partial charge on any atom is -0.344 e. The molecule has 1 aliphatic heterocycles. The average molecular weight is 373 g/mol. The maximum Gasteiger partial charge on any atom is 0.270 e. The highest BCUT2D eigenvalue weighted by Crippen LogP contribution is 2.41. The van der Waals surface area contributed by atoms with Gasteiger partial charge in [0.15, 0.2) is 0 Å². The summed E-state index contributed by atoms with van der Waals surface area (Å²) in [5.74, 6) is 0.949. The van der Waals surface area contributed by atoms with Crippen molar-refractivity contribution < 1.29 is 9.18 Å². The molecule has 0 spiro atoms. The molecule has 138 valence electrons. The Bertz CT molecular complexity index is 851. The molecule has 0 radical (unpaired) electrons. The van der Waals surface area contributed by atoms with Crippen molar-refractivity contribution in [2.24, 2.45) is 0 Å². The number of carbonyl (C=O) groups is 1. The summed E-state index contributed by atoms with van der Waals surface area (Å²) >= 11 is 1.52. The van der Waals surface area contributed by atoms with Gasteiger partial charge < -0.3 is 5.32 Å². The molecule has 0 saturated heterocycles. The summed E-state index contributed by atoms with van der Waals surface area (Å²) < 4.78 is 15.9. The second kappa shape index (κ2) is 6.41. The van der Waals surface area contributed by atoms with Crippen LogP contribution in [0.4, 0.5) is 4.39 Å². The fourth-order valence-electron chi connectivity index (χ4n) is 3.42. The van der Waals surface area contributed by atoms with Gasteiger partial charge >= 0.3 is 0 Å². The number of nitrogens with zero attached hydrogens (tertiary/aromatic N) is 2. The second-order valence-electron chi connectivity index (χ2n) is 8.13. The van der Waals surface area contributed by atoms with E-state index in [9.17, 15) is 9.18 Å². The van der Waals surface area contributed by atoms with Crippen LogP contribution < -0.4 is 5.32 Å². The average Bonchev–Trinajstić information content (AvgIpc) is 3.32. The number of amides is 1. The summed E-state index contributed by atoms with van der Waals surface area (Å²) in [5.41, 5.74) is 2.21. The second-order valence-corrected chi connectivity index (χ2v) is 9.24. The molecule has 1 fully saturated rings. The molecule has 1 aromatic carbocycles. The molecular formula is C20H24FN3OS. The van der Waals surface area contributed by atoms with Crippen molar-refractivity contribution in [2.45, 2.75) is 62.4 Å². The molecule has 4 nitrogen and oxygen atoms in total. The minimum absolute atomic E-state index is 0.133. The lowest BCUT2D eigenvalue weighted by molar-refractivity contribution is 0.0916. The van der Waals surface area contributed by atoms with Gasteiger partial charge in [-0.1, -0.05) is 12.1 Å². The lowest BCUT2D eigenvalue weighted by Gasteiger charge is -2.27. The number of fused-ring (bicyclic) bond motifs is 1. The van der Waals surface area contributed by atoms with Gasteiger partial charge in [-0.05, 0) is 57.7 Å². The topological polar surface area (TPSA) is 46.9 Å². The van der Waals surface area contributed by atoms with Crippen molar-refractivity contribution in [3.8, 4) is 0 Å². The molecule has 1 amide bonds. The number of hydrogen-bond acceptors (Lipinski definition) is 3. The normalized spacial score (nSPS) is 19.9. The third-order valence-electron chi connectivity index (χ3n) is 4.92. The number of hydrogen-bond donors (Lipinski definition) is 1. The SMILES string of the molecule is CC(C)(C)n1nc(C2CC2)cc1C(=O)NC1CCSc2c(F)cccc21. The van der Waals surface area contributed by atoms with E-state index in [2.05, 4.69) is 26.1 Å². The number of halogens is 1. The van der Waals surface area contributed by atoms with Crippen LogP contribution >= 0.6 is 11.8 Å². The lowest BCUT2D eigenvalue weighted by atomic mass is 10.0. The van der Waals surface area contributed by atoms with E-state index in [0.29, 0.717) is 16.5 Å². The molecule has 1 aliphatic carbocycles. The maximum absolute atomic E-state index is 14.1. The van der Waals surface area contributed by atoms with Crippen LogP contribution in [0.3, 0.4) is 0 Å². The first-order chi connectivity index (χ1) is 12.3. The largest absolute Gasteiger partial charge is 0.344 e. The fourth-order valence-corrected chi connectivity index (χ4v) is 4.56. The number of carbonyl (C=O) groups excluding carboxylic acids is 1. The molecule has 2 aromatic rings. The fraction of sp³-hybridized carbons (Fsp3) is 0.500. The first-order valence-electron chi connectivity index (χ1n) is 9.17. The van der Waals surface area contributed by atoms with Crippen LogP contribution in [-0.2, 0) is 5.54 Å². The first-order valence-corrected chi connectivity index (χ1v) is 10.2. The molecule has 0 bridgehead atoms. The van der Waals surface area contributed by atoms with Crippen molar-refractivity contribution in [3.05, 3.63) is 47.0 Å². The Kier molecular flexibility index (Phi) is 4.34. The van der Waals surface area contributed by atoms with Gasteiger partial charge in [-0.15, -0.1) is 11.8 Å². The predicted octanol–water partition coefficient (Wildman–Crippen LogP) is 4.62. The number of rotatable bonds is 3. The van der Waals surface area contributed by atoms with Gasteiger partial charge in [0.25, 0.3) is 5.91 Å². The molecule has 1 N–H and O–H groups in total. The zero-order valence-electron chi connectivity index (χ0n) is 15.4. The highest BCUT2D eigenvalue weighted by molar-refractivity contribution is 7.99. The van der Waals surface area contributed by atoms with E-state index in [-0.39, 0.29) is 23.3 Å². The number of thioether (sulfide) groups is 1. The smallest absolute Gasteiger partial charge is 0.270 e. The zero-order chi connectivity index (χ0) is 18.5. The quantitative estimate of drug-likeness (QED) is 0.854. The third kappa shape index (κ3) is 3.27. The predicted molar refractivity (Wildman–Crippen MR) is 101 cm³/mol. The number of aromatic nitrogens is 2. The molecule has 1 saturated carbocycles. The van der Waals surface area contributed by atoms with E-state index in [4.69, 9.17) is 5.10 Å². The number of nitrogens with one attached hydrogen (secondary N) is 1. The van der Waals surface area contributed by atoms with Gasteiger partial charge in [-0.3, -0.25) is 9.48 Å². The summed E-state index contributed by atoms with van der Waals surface area (Å²) in [6.45, 7) is 6.15. The Hall–Kier alpha value is -1.82. The van der Waals surface area contributed by atoms with Gasteiger partial charge in [0.1, 0.15) is 11.5 Å². The van der Waals surface area contributed by atoms with Crippen LogP contribution in [0, 0.1) is 5.82 Å². The van der Waals surface area contributed by atoms with Crippen LogP contribution in [-0.4, -0.2) is 21.4 Å². The van der Waals surface area contributed by atoms with Crippen LogP contribution in [0.5, 0.6) is 0 Å². The summed E-state index contributed by atoms with van der Waals surface area (Å²) in [6.07, 6.45) is 3.09. The highest BCUT2D eigenvalue weighted by Gasteiger charge is 2.32. The molecule has 1 atom stereocenters. The van der Waals surface area contributed by atoms with E-state index < -0.39 is 0 Å². The molecule has 6 heteroatoms. The molecule has 1 aromatic heterocycles. The van der Waals surface area contributed by atoms with E-state index in [0.717, 1.165) is 36.3 Å². The standard InChI is InChI=1S/C20H24FN3OS/c1-20(2,3)24-17(11-16(23-24)12-7-8-12)19(25)22-15-9-10-26-18-13(15)5-4-6-14(18)21/h4-6,11-12,15H,7-10H2,1-3H3,(H,22,25). The van der Waals surface area contributed by atoms with Crippen molar-refractivity contribution in [1.29, 1.82) is 0 Å². The Labute approximate surface area is 157 Å². The first kappa shape index (κ1) is 17.6. The van der Waals surface area contributed by atoms with Crippen LogP contribution in [0.1, 0.15) is 73.7 Å². The van der Waals surface area contributed by atoms with Crippen molar-refractivity contribution in [3.63, 3.8) is 0 Å². The van der Waals surface area contributed by atoms with Gasteiger partial charge in [0.2, 0.25) is 0 Å². The number of benzene rings is 1. The summed E-state index contributed by atoms with van der Waals surface area (Å²) in [7, 11) is 0. The molecule has 26 heavy (non-hydrogen) atoms. The summed E-state index contributed by atoms with van der Waals surface area (Å²) in [5, 5.41) is 7.83. The lowest BCUT2D eigenvalue weighted by Crippen LogP contribution is -2.35. The van der Waals surface area contributed by atoms with Crippen LogP contribution in [0.2, 0.25) is 0 Å². The Morgan fingerprint density at radius 2 is 2.08 bits per heavy atom. The van der Waals surface area contributed by atoms with Gasteiger partial charge in [0, 0.05) is 16.6 Å². The van der Waals surface area contributed by atoms with Gasteiger partial charge in [-0.2, -0.15) is 5.10 Å². The molecular weight excluding hydrogens is 349 g/mol. The third-order valence-corrected chi connectivity index (χ3v) is 6.08. The summed E-state index contributed by atoms with van der Waals surface area (Å²) in [4.78, 5) is 13.7. The molecule has 4 rings (SSSR count). The van der Waals surface area contributed by atoms with E-state index in [1.165, 1.54) is 17.8 Å². The van der Waals surface area contributed by atoms with Crippen LogP contribution in [0.25, 0.3) is 0 Å². The Morgan fingerprint density at radius 1 is 1.31 bits per heavy atom. The van der Waals surface area contributed by atoms with E-state index in [1.807, 2.05) is 16.8 Å². The molecule has 2 heterocycles. The van der Waals surface area contributed by atoms with Gasteiger partial charge in [-0.25, -0.2) is 4.39 Å². The Balaban J connectivity index is 1.63. The van der Waals surface area contributed by atoms with E-state index in [1.54, 1.807) is 6.07 Å². The van der Waals surface area contributed by atoms with E-state index >= 15 is 0 Å². The molecule has 1 unspecified atom stereocenters. The van der Waals surface area contributed by atoms with Crippen molar-refractivity contribution in [1.82, 2.24) is 15.1 Å². The Morgan fingerprint density at radius 3 is 2.77 bits per heavy atom. The minimum atomic E-state index is -0.272. The van der Waals surface area contributed by atoms with Crippen molar-refractivity contribution in [2.75, 3.05) is 5.75 Å². The highest BCUT2D eigenvalue weighted by atomic mass is 32.2. The maximum atomic E-state index is 14.1. The van der Waals surface area contributed by atoms with Gasteiger partial charge in [0.05, 0.1) is 17.3 Å². The summed E-state index contributed by atoms with van der Waals surface area (Å²) in [6, 6.07) is 6.87. The molecule has 2 aliphatic rings. The van der Waals surface area contributed by atoms with Crippen molar-refractivity contribution >= 4 is 17.7 Å². The zero-order valence-corrected chi connectivity index (χ0v) is 16.2. The van der Waals surface area contributed by atoms with Crippen LogP contribution in [0.15, 0.2) is 29.2 Å². The monoisotopic (exact) mass is 373 g/mol.